The van der Waals surface area contributed by atoms with Gasteiger partial charge in [-0.1, -0.05) is 24.3 Å². The van der Waals surface area contributed by atoms with Gasteiger partial charge in [0, 0.05) is 19.8 Å². The number of anilines is 1. The average molecular weight is 265 g/mol. The molecule has 20 heavy (non-hydrogen) atoms. The van der Waals surface area contributed by atoms with Gasteiger partial charge in [-0.3, -0.25) is 4.79 Å². The summed E-state index contributed by atoms with van der Waals surface area (Å²) in [5.41, 5.74) is 3.18. The van der Waals surface area contributed by atoms with Crippen LogP contribution in [0.3, 0.4) is 0 Å². The van der Waals surface area contributed by atoms with Gasteiger partial charge < -0.3 is 9.32 Å². The lowest BCUT2D eigenvalue weighted by Crippen LogP contribution is -2.08. The fourth-order valence-corrected chi connectivity index (χ4v) is 2.22. The van der Waals surface area contributed by atoms with Crippen LogP contribution in [0.15, 0.2) is 64.0 Å². The lowest BCUT2D eigenvalue weighted by molar-refractivity contribution is 0.604. The maximum atomic E-state index is 12.5. The van der Waals surface area contributed by atoms with Crippen LogP contribution in [0.5, 0.6) is 0 Å². The van der Waals surface area contributed by atoms with Crippen LogP contribution in [0.25, 0.3) is 22.1 Å². The first-order valence-corrected chi connectivity index (χ1v) is 6.45. The molecule has 3 nitrogen and oxygen atoms in total. The Labute approximate surface area is 117 Å². The fourth-order valence-electron chi connectivity index (χ4n) is 2.22. The maximum Gasteiger partial charge on any atom is 0.200 e. The smallest absolute Gasteiger partial charge is 0.200 e. The molecule has 0 saturated carbocycles. The highest BCUT2D eigenvalue weighted by Gasteiger charge is 2.08. The van der Waals surface area contributed by atoms with Crippen molar-refractivity contribution >= 4 is 16.7 Å². The van der Waals surface area contributed by atoms with Gasteiger partial charge >= 0.3 is 0 Å². The zero-order chi connectivity index (χ0) is 14.1. The van der Waals surface area contributed by atoms with Crippen molar-refractivity contribution in [2.45, 2.75) is 0 Å². The number of rotatable bonds is 2. The zero-order valence-electron chi connectivity index (χ0n) is 11.5. The van der Waals surface area contributed by atoms with E-state index in [0.717, 1.165) is 11.3 Å². The summed E-state index contributed by atoms with van der Waals surface area (Å²) < 4.78 is 5.55. The number of nitrogens with zero attached hydrogens (tertiary/aromatic N) is 1. The molecule has 0 N–H and O–H groups in total. The molecule has 0 atom stereocenters. The number of hydrogen-bond donors (Lipinski definition) is 0. The number of hydrogen-bond acceptors (Lipinski definition) is 3. The van der Waals surface area contributed by atoms with Crippen molar-refractivity contribution in [3.05, 3.63) is 65.0 Å². The third kappa shape index (κ3) is 2.07. The Morgan fingerprint density at radius 3 is 2.35 bits per heavy atom. The molecule has 1 aromatic heterocycles. The van der Waals surface area contributed by atoms with Crippen molar-refractivity contribution in [1.82, 2.24) is 0 Å². The quantitative estimate of drug-likeness (QED) is 0.710. The molecular formula is C17H15NO2. The lowest BCUT2D eigenvalue weighted by Gasteiger charge is -2.12. The molecule has 0 fully saturated rings. The summed E-state index contributed by atoms with van der Waals surface area (Å²) in [6, 6.07) is 15.2. The van der Waals surface area contributed by atoms with Crippen molar-refractivity contribution in [2.75, 3.05) is 19.0 Å². The van der Waals surface area contributed by atoms with Gasteiger partial charge in [0.15, 0.2) is 5.43 Å². The molecule has 0 bridgehead atoms. The van der Waals surface area contributed by atoms with Crippen LogP contribution in [0.1, 0.15) is 0 Å². The molecular weight excluding hydrogens is 250 g/mol. The molecule has 0 aliphatic heterocycles. The topological polar surface area (TPSA) is 33.5 Å². The van der Waals surface area contributed by atoms with Crippen LogP contribution < -0.4 is 10.3 Å². The van der Waals surface area contributed by atoms with E-state index < -0.39 is 0 Å². The van der Waals surface area contributed by atoms with Gasteiger partial charge in [-0.15, -0.1) is 0 Å². The lowest BCUT2D eigenvalue weighted by atomic mass is 10.1. The molecule has 3 heteroatoms. The molecule has 0 saturated heterocycles. The Bertz CT molecular complexity index is 801. The molecule has 0 aliphatic carbocycles. The minimum atomic E-state index is 0.00412. The van der Waals surface area contributed by atoms with Crippen LogP contribution in [0.4, 0.5) is 5.69 Å². The molecule has 3 rings (SSSR count). The minimum Gasteiger partial charge on any atom is -0.463 e. The second kappa shape index (κ2) is 4.85. The van der Waals surface area contributed by atoms with Crippen molar-refractivity contribution in [3.8, 4) is 11.1 Å². The van der Waals surface area contributed by atoms with Crippen molar-refractivity contribution in [2.24, 2.45) is 0 Å². The predicted octanol–water partition coefficient (Wildman–Crippen LogP) is 3.53. The monoisotopic (exact) mass is 265 g/mol. The third-order valence-electron chi connectivity index (χ3n) is 3.37. The molecule has 0 unspecified atom stereocenters. The Morgan fingerprint density at radius 2 is 1.65 bits per heavy atom. The van der Waals surface area contributed by atoms with E-state index in [1.165, 1.54) is 6.26 Å². The minimum absolute atomic E-state index is 0.00412. The Hall–Kier alpha value is -2.55. The summed E-state index contributed by atoms with van der Waals surface area (Å²) in [5, 5.41) is 0.613. The normalized spacial score (nSPS) is 10.7. The van der Waals surface area contributed by atoms with E-state index in [9.17, 15) is 4.79 Å². The van der Waals surface area contributed by atoms with E-state index in [1.54, 1.807) is 12.1 Å². The molecule has 0 amide bonds. The molecule has 2 aromatic carbocycles. The van der Waals surface area contributed by atoms with Crippen LogP contribution in [0, 0.1) is 0 Å². The summed E-state index contributed by atoms with van der Waals surface area (Å²) >= 11 is 0. The first kappa shape index (κ1) is 12.5. The van der Waals surface area contributed by atoms with E-state index in [-0.39, 0.29) is 5.43 Å². The largest absolute Gasteiger partial charge is 0.463 e. The van der Waals surface area contributed by atoms with Gasteiger partial charge in [-0.2, -0.15) is 0 Å². The first-order valence-electron chi connectivity index (χ1n) is 6.45. The van der Waals surface area contributed by atoms with Gasteiger partial charge in [-0.05, 0) is 29.8 Å². The van der Waals surface area contributed by atoms with Gasteiger partial charge in [0.1, 0.15) is 11.8 Å². The Balaban J connectivity index is 2.15. The summed E-state index contributed by atoms with van der Waals surface area (Å²) in [7, 11) is 3.97. The van der Waals surface area contributed by atoms with Gasteiger partial charge in [0.05, 0.1) is 10.9 Å². The third-order valence-corrected chi connectivity index (χ3v) is 3.37. The molecule has 100 valence electrons. The van der Waals surface area contributed by atoms with Crippen molar-refractivity contribution in [1.29, 1.82) is 0 Å². The van der Waals surface area contributed by atoms with Crippen LogP contribution in [-0.4, -0.2) is 14.1 Å². The van der Waals surface area contributed by atoms with Crippen LogP contribution >= 0.6 is 0 Å². The fraction of sp³-hybridized carbons (Fsp3) is 0.118. The van der Waals surface area contributed by atoms with Crippen molar-refractivity contribution in [3.63, 3.8) is 0 Å². The highest BCUT2D eigenvalue weighted by molar-refractivity contribution is 5.81. The SMILES string of the molecule is CN(C)c1ccc(-c2coc3ccccc3c2=O)cc1. The highest BCUT2D eigenvalue weighted by atomic mass is 16.3. The van der Waals surface area contributed by atoms with Crippen LogP contribution in [0.2, 0.25) is 0 Å². The maximum absolute atomic E-state index is 12.5. The summed E-state index contributed by atoms with van der Waals surface area (Å²) in [6.45, 7) is 0. The van der Waals surface area contributed by atoms with E-state index >= 15 is 0 Å². The van der Waals surface area contributed by atoms with E-state index in [1.807, 2.05) is 55.4 Å². The molecule has 3 aromatic rings. The summed E-state index contributed by atoms with van der Waals surface area (Å²) in [4.78, 5) is 14.5. The molecule has 0 radical (unpaired) electrons. The van der Waals surface area contributed by atoms with E-state index in [2.05, 4.69) is 0 Å². The number of fused-ring (bicyclic) bond motifs is 1. The van der Waals surface area contributed by atoms with Crippen molar-refractivity contribution < 1.29 is 4.42 Å². The predicted molar refractivity (Wildman–Crippen MR) is 82.2 cm³/mol. The van der Waals surface area contributed by atoms with E-state index in [4.69, 9.17) is 4.42 Å². The second-order valence-electron chi connectivity index (χ2n) is 4.92. The second-order valence-corrected chi connectivity index (χ2v) is 4.92. The van der Waals surface area contributed by atoms with Gasteiger partial charge in [-0.25, -0.2) is 0 Å². The van der Waals surface area contributed by atoms with Crippen LogP contribution in [-0.2, 0) is 0 Å². The molecule has 1 heterocycles. The molecule has 0 aliphatic rings. The molecule has 0 spiro atoms. The zero-order valence-corrected chi connectivity index (χ0v) is 11.5. The standard InChI is InChI=1S/C17H15NO2/c1-18(2)13-9-7-12(8-10-13)15-11-20-16-6-4-3-5-14(16)17(15)19/h3-11H,1-2H3. The Morgan fingerprint density at radius 1 is 0.950 bits per heavy atom. The number of benzene rings is 2. The summed E-state index contributed by atoms with van der Waals surface area (Å²) in [6.07, 6.45) is 1.54. The Kier molecular flexibility index (Phi) is 3.03. The van der Waals surface area contributed by atoms with E-state index in [0.29, 0.717) is 16.5 Å². The highest BCUT2D eigenvalue weighted by Crippen LogP contribution is 2.22. The van der Waals surface area contributed by atoms with Gasteiger partial charge in [0.25, 0.3) is 0 Å². The summed E-state index contributed by atoms with van der Waals surface area (Å²) in [5.74, 6) is 0. The first-order chi connectivity index (χ1) is 9.66. The van der Waals surface area contributed by atoms with Gasteiger partial charge in [0.2, 0.25) is 0 Å². The average Bonchev–Trinajstić information content (AvgIpc) is 2.48. The number of para-hydroxylation sites is 1.